The van der Waals surface area contributed by atoms with Crippen molar-refractivity contribution in [3.05, 3.63) is 36.3 Å². The Balaban J connectivity index is 1.94. The van der Waals surface area contributed by atoms with Gasteiger partial charge in [0.15, 0.2) is 0 Å². The Kier molecular flexibility index (Phi) is 2.26. The third kappa shape index (κ3) is 1.96. The van der Waals surface area contributed by atoms with Crippen molar-refractivity contribution in [2.45, 2.75) is 6.54 Å². The van der Waals surface area contributed by atoms with Crippen molar-refractivity contribution in [3.8, 4) is 0 Å². The SMILES string of the molecule is Cn1ccc(CNc2ccn(C)n2)c1. The average Bonchev–Trinajstić information content (AvgIpc) is 2.72. The highest BCUT2D eigenvalue weighted by molar-refractivity contribution is 5.33. The third-order valence-corrected chi connectivity index (χ3v) is 2.08. The van der Waals surface area contributed by atoms with E-state index in [2.05, 4.69) is 22.7 Å². The van der Waals surface area contributed by atoms with Crippen molar-refractivity contribution < 1.29 is 0 Å². The summed E-state index contributed by atoms with van der Waals surface area (Å²) in [6.45, 7) is 0.817. The van der Waals surface area contributed by atoms with Crippen LogP contribution in [0.2, 0.25) is 0 Å². The fourth-order valence-corrected chi connectivity index (χ4v) is 1.37. The Morgan fingerprint density at radius 3 is 2.71 bits per heavy atom. The van der Waals surface area contributed by atoms with E-state index in [0.29, 0.717) is 0 Å². The second-order valence-electron chi connectivity index (χ2n) is 3.41. The zero-order valence-corrected chi connectivity index (χ0v) is 8.44. The molecule has 2 heterocycles. The summed E-state index contributed by atoms with van der Waals surface area (Å²) in [5, 5.41) is 7.48. The smallest absolute Gasteiger partial charge is 0.148 e. The molecular formula is C10H14N4. The fourth-order valence-electron chi connectivity index (χ4n) is 1.37. The second-order valence-corrected chi connectivity index (χ2v) is 3.41. The van der Waals surface area contributed by atoms with Gasteiger partial charge in [0.1, 0.15) is 5.82 Å². The molecule has 0 aromatic carbocycles. The number of nitrogens with zero attached hydrogens (tertiary/aromatic N) is 3. The van der Waals surface area contributed by atoms with Crippen molar-refractivity contribution in [2.75, 3.05) is 5.32 Å². The predicted octanol–water partition coefficient (Wildman–Crippen LogP) is 1.37. The summed E-state index contributed by atoms with van der Waals surface area (Å²) in [7, 11) is 3.93. The summed E-state index contributed by atoms with van der Waals surface area (Å²) < 4.78 is 3.82. The third-order valence-electron chi connectivity index (χ3n) is 2.08. The average molecular weight is 190 g/mol. The maximum absolute atomic E-state index is 4.23. The molecule has 0 saturated heterocycles. The summed E-state index contributed by atoms with van der Waals surface area (Å²) in [5.41, 5.74) is 1.26. The molecule has 4 nitrogen and oxygen atoms in total. The van der Waals surface area contributed by atoms with Crippen LogP contribution in [-0.4, -0.2) is 14.3 Å². The van der Waals surface area contributed by atoms with Gasteiger partial charge >= 0.3 is 0 Å². The van der Waals surface area contributed by atoms with Crippen LogP contribution in [0, 0.1) is 0 Å². The second kappa shape index (κ2) is 3.57. The molecular weight excluding hydrogens is 176 g/mol. The lowest BCUT2D eigenvalue weighted by Crippen LogP contribution is -1.99. The van der Waals surface area contributed by atoms with Gasteiger partial charge in [-0.15, -0.1) is 0 Å². The Morgan fingerprint density at radius 2 is 2.14 bits per heavy atom. The minimum atomic E-state index is 0.817. The molecule has 4 heteroatoms. The van der Waals surface area contributed by atoms with Gasteiger partial charge in [-0.25, -0.2) is 0 Å². The molecule has 0 amide bonds. The molecule has 0 spiro atoms. The first-order chi connectivity index (χ1) is 6.74. The van der Waals surface area contributed by atoms with E-state index in [1.54, 1.807) is 4.68 Å². The summed E-state index contributed by atoms with van der Waals surface area (Å²) >= 11 is 0. The van der Waals surface area contributed by atoms with E-state index < -0.39 is 0 Å². The van der Waals surface area contributed by atoms with Crippen LogP contribution in [-0.2, 0) is 20.6 Å². The van der Waals surface area contributed by atoms with Gasteiger partial charge in [-0.05, 0) is 11.6 Å². The molecule has 0 aliphatic heterocycles. The molecule has 0 aliphatic carbocycles. The number of aryl methyl sites for hydroxylation is 2. The highest BCUT2D eigenvalue weighted by atomic mass is 15.3. The molecule has 0 unspecified atom stereocenters. The van der Waals surface area contributed by atoms with Gasteiger partial charge in [-0.2, -0.15) is 5.10 Å². The van der Waals surface area contributed by atoms with Crippen LogP contribution in [0.5, 0.6) is 0 Å². The molecule has 0 fully saturated rings. The molecule has 2 rings (SSSR count). The van der Waals surface area contributed by atoms with Gasteiger partial charge in [0, 0.05) is 45.3 Å². The standard InChI is InChI=1S/C10H14N4/c1-13-5-3-9(8-13)7-11-10-4-6-14(2)12-10/h3-6,8H,7H2,1-2H3,(H,11,12). The van der Waals surface area contributed by atoms with E-state index in [4.69, 9.17) is 0 Å². The summed E-state index contributed by atoms with van der Waals surface area (Å²) in [6, 6.07) is 4.05. The lowest BCUT2D eigenvalue weighted by atomic mass is 10.3. The molecule has 0 atom stereocenters. The minimum Gasteiger partial charge on any atom is -0.364 e. The number of aromatic nitrogens is 3. The van der Waals surface area contributed by atoms with Crippen molar-refractivity contribution in [1.29, 1.82) is 0 Å². The van der Waals surface area contributed by atoms with Crippen molar-refractivity contribution >= 4 is 5.82 Å². The largest absolute Gasteiger partial charge is 0.364 e. The maximum Gasteiger partial charge on any atom is 0.148 e. The molecule has 0 radical (unpaired) electrons. The highest BCUT2D eigenvalue weighted by Gasteiger charge is 1.97. The lowest BCUT2D eigenvalue weighted by molar-refractivity contribution is 0.768. The summed E-state index contributed by atoms with van der Waals surface area (Å²) in [6.07, 6.45) is 6.05. The quantitative estimate of drug-likeness (QED) is 0.793. The van der Waals surface area contributed by atoms with E-state index >= 15 is 0 Å². The van der Waals surface area contributed by atoms with Crippen molar-refractivity contribution in [2.24, 2.45) is 14.1 Å². The van der Waals surface area contributed by atoms with Gasteiger partial charge in [0.25, 0.3) is 0 Å². The monoisotopic (exact) mass is 190 g/mol. The Labute approximate surface area is 83.2 Å². The van der Waals surface area contributed by atoms with Crippen LogP contribution < -0.4 is 5.32 Å². The maximum atomic E-state index is 4.23. The zero-order valence-electron chi connectivity index (χ0n) is 8.44. The predicted molar refractivity (Wildman–Crippen MR) is 55.9 cm³/mol. The van der Waals surface area contributed by atoms with E-state index in [-0.39, 0.29) is 0 Å². The Morgan fingerprint density at radius 1 is 1.29 bits per heavy atom. The summed E-state index contributed by atoms with van der Waals surface area (Å²) in [4.78, 5) is 0. The topological polar surface area (TPSA) is 34.8 Å². The molecule has 0 saturated carbocycles. The van der Waals surface area contributed by atoms with E-state index in [9.17, 15) is 0 Å². The number of nitrogens with one attached hydrogen (secondary N) is 1. The zero-order chi connectivity index (χ0) is 9.97. The number of rotatable bonds is 3. The first-order valence-corrected chi connectivity index (χ1v) is 4.58. The van der Waals surface area contributed by atoms with E-state index in [1.165, 1.54) is 5.56 Å². The Hall–Kier alpha value is -1.71. The van der Waals surface area contributed by atoms with Crippen LogP contribution >= 0.6 is 0 Å². The highest BCUT2D eigenvalue weighted by Crippen LogP contribution is 2.05. The van der Waals surface area contributed by atoms with Gasteiger partial charge in [0.2, 0.25) is 0 Å². The Bertz CT molecular complexity index is 373. The lowest BCUT2D eigenvalue weighted by Gasteiger charge is -1.99. The van der Waals surface area contributed by atoms with Gasteiger partial charge in [-0.3, -0.25) is 4.68 Å². The molecule has 2 aromatic heterocycles. The number of hydrogen-bond acceptors (Lipinski definition) is 2. The van der Waals surface area contributed by atoms with Crippen LogP contribution in [0.4, 0.5) is 5.82 Å². The van der Waals surface area contributed by atoms with Gasteiger partial charge < -0.3 is 9.88 Å². The van der Waals surface area contributed by atoms with Crippen LogP contribution in [0.3, 0.4) is 0 Å². The van der Waals surface area contributed by atoms with Crippen molar-refractivity contribution in [1.82, 2.24) is 14.3 Å². The number of hydrogen-bond donors (Lipinski definition) is 1. The van der Waals surface area contributed by atoms with E-state index in [0.717, 1.165) is 12.4 Å². The van der Waals surface area contributed by atoms with Gasteiger partial charge in [-0.1, -0.05) is 0 Å². The molecule has 1 N–H and O–H groups in total. The summed E-state index contributed by atoms with van der Waals surface area (Å²) in [5.74, 6) is 0.913. The first-order valence-electron chi connectivity index (χ1n) is 4.58. The van der Waals surface area contributed by atoms with Crippen LogP contribution in [0.1, 0.15) is 5.56 Å². The fraction of sp³-hybridized carbons (Fsp3) is 0.300. The minimum absolute atomic E-state index is 0.817. The van der Waals surface area contributed by atoms with Crippen LogP contribution in [0.25, 0.3) is 0 Å². The normalized spacial score (nSPS) is 10.4. The van der Waals surface area contributed by atoms with Crippen LogP contribution in [0.15, 0.2) is 30.7 Å². The first kappa shape index (κ1) is 8.87. The number of anilines is 1. The molecule has 14 heavy (non-hydrogen) atoms. The van der Waals surface area contributed by atoms with Gasteiger partial charge in [0.05, 0.1) is 0 Å². The molecule has 0 bridgehead atoms. The molecule has 74 valence electrons. The van der Waals surface area contributed by atoms with E-state index in [1.807, 2.05) is 37.1 Å². The molecule has 0 aliphatic rings. The van der Waals surface area contributed by atoms with Crippen molar-refractivity contribution in [3.63, 3.8) is 0 Å². The molecule has 2 aromatic rings.